The van der Waals surface area contributed by atoms with Crippen molar-refractivity contribution >= 4 is 43.4 Å². The van der Waals surface area contributed by atoms with Gasteiger partial charge in [0.25, 0.3) is 0 Å². The fourth-order valence-electron chi connectivity index (χ4n) is 5.69. The predicted octanol–water partition coefficient (Wildman–Crippen LogP) is 7.93. The van der Waals surface area contributed by atoms with Crippen molar-refractivity contribution in [2.75, 3.05) is 0 Å². The third kappa shape index (κ3) is 1.88. The topological polar surface area (TPSA) is 15.8 Å². The second kappa shape index (κ2) is 5.31. The molecule has 0 bridgehead atoms. The molecular weight excluding hydrogens is 362 g/mol. The summed E-state index contributed by atoms with van der Waals surface area (Å²) >= 11 is 0. The number of fused-ring (bicyclic) bond motifs is 10. The molecule has 0 aliphatic heterocycles. The molecule has 0 unspecified atom stereocenters. The van der Waals surface area contributed by atoms with Crippen molar-refractivity contribution in [3.8, 4) is 11.1 Å². The molecule has 7 rings (SSSR count). The number of aromatic nitrogens is 1. The van der Waals surface area contributed by atoms with Gasteiger partial charge in [-0.05, 0) is 68.1 Å². The molecule has 6 aromatic rings. The number of nitrogens with one attached hydrogen (secondary N) is 1. The van der Waals surface area contributed by atoms with Gasteiger partial charge in [0, 0.05) is 27.2 Å². The van der Waals surface area contributed by atoms with Gasteiger partial charge in [0.15, 0.2) is 0 Å². The Morgan fingerprint density at radius 1 is 0.567 bits per heavy atom. The number of benzene rings is 5. The molecule has 142 valence electrons. The van der Waals surface area contributed by atoms with E-state index < -0.39 is 0 Å². The van der Waals surface area contributed by atoms with E-state index in [0.717, 1.165) is 0 Å². The first kappa shape index (κ1) is 16.2. The Morgan fingerprint density at radius 3 is 2.30 bits per heavy atom. The maximum absolute atomic E-state index is 3.58. The monoisotopic (exact) mass is 383 g/mol. The van der Waals surface area contributed by atoms with Gasteiger partial charge >= 0.3 is 0 Å². The summed E-state index contributed by atoms with van der Waals surface area (Å²) < 4.78 is 0. The second-order valence-electron chi connectivity index (χ2n) is 9.11. The van der Waals surface area contributed by atoms with Crippen LogP contribution in [0.3, 0.4) is 0 Å². The summed E-state index contributed by atoms with van der Waals surface area (Å²) in [5.41, 5.74) is 8.05. The van der Waals surface area contributed by atoms with Crippen LogP contribution >= 0.6 is 0 Å². The Morgan fingerprint density at radius 2 is 1.37 bits per heavy atom. The molecule has 0 saturated heterocycles. The van der Waals surface area contributed by atoms with Gasteiger partial charge in [-0.3, -0.25) is 0 Å². The lowest BCUT2D eigenvalue weighted by Gasteiger charge is -2.22. The van der Waals surface area contributed by atoms with Crippen molar-refractivity contribution in [3.63, 3.8) is 0 Å². The lowest BCUT2D eigenvalue weighted by Crippen LogP contribution is -2.14. The van der Waals surface area contributed by atoms with Gasteiger partial charge < -0.3 is 4.98 Å². The Kier molecular flexibility index (Phi) is 2.88. The van der Waals surface area contributed by atoms with Crippen molar-refractivity contribution in [1.82, 2.24) is 4.98 Å². The van der Waals surface area contributed by atoms with Gasteiger partial charge in [-0.2, -0.15) is 0 Å². The highest BCUT2D eigenvalue weighted by atomic mass is 14.7. The summed E-state index contributed by atoms with van der Waals surface area (Å²) in [5, 5.41) is 7.94. The van der Waals surface area contributed by atoms with Crippen molar-refractivity contribution in [1.29, 1.82) is 0 Å². The minimum absolute atomic E-state index is 0.0210. The molecule has 1 N–H and O–H groups in total. The summed E-state index contributed by atoms with van der Waals surface area (Å²) in [5.74, 6) is 0. The summed E-state index contributed by atoms with van der Waals surface area (Å²) in [6, 6.07) is 31.5. The molecule has 1 nitrogen and oxygen atoms in total. The van der Waals surface area contributed by atoms with Crippen molar-refractivity contribution in [2.24, 2.45) is 0 Å². The Balaban J connectivity index is 1.63. The third-order valence-electron chi connectivity index (χ3n) is 7.18. The molecule has 0 radical (unpaired) electrons. The zero-order valence-electron chi connectivity index (χ0n) is 17.1. The van der Waals surface area contributed by atoms with E-state index in [0.29, 0.717) is 0 Å². The van der Waals surface area contributed by atoms with Gasteiger partial charge in [-0.1, -0.05) is 74.5 Å². The van der Waals surface area contributed by atoms with E-state index in [9.17, 15) is 0 Å². The molecule has 1 aromatic heterocycles. The summed E-state index contributed by atoms with van der Waals surface area (Å²) in [6.45, 7) is 4.71. The van der Waals surface area contributed by atoms with Crippen LogP contribution in [0, 0.1) is 0 Å². The van der Waals surface area contributed by atoms with E-state index in [2.05, 4.69) is 104 Å². The van der Waals surface area contributed by atoms with Gasteiger partial charge in [0.2, 0.25) is 0 Å². The quantitative estimate of drug-likeness (QED) is 0.256. The molecule has 0 amide bonds. The Bertz CT molecular complexity index is 1660. The van der Waals surface area contributed by atoms with Crippen LogP contribution in [-0.4, -0.2) is 4.98 Å². The first-order chi connectivity index (χ1) is 14.6. The van der Waals surface area contributed by atoms with Crippen LogP contribution < -0.4 is 0 Å². The molecule has 0 saturated carbocycles. The zero-order valence-corrected chi connectivity index (χ0v) is 17.1. The van der Waals surface area contributed by atoms with E-state index in [-0.39, 0.29) is 5.41 Å². The van der Waals surface area contributed by atoms with Gasteiger partial charge in [0.05, 0.1) is 0 Å². The van der Waals surface area contributed by atoms with E-state index in [1.165, 1.54) is 65.6 Å². The number of rotatable bonds is 0. The summed E-state index contributed by atoms with van der Waals surface area (Å²) in [4.78, 5) is 3.58. The van der Waals surface area contributed by atoms with Crippen LogP contribution in [0.4, 0.5) is 0 Å². The van der Waals surface area contributed by atoms with Crippen LogP contribution in [0.1, 0.15) is 25.0 Å². The maximum Gasteiger partial charge on any atom is 0.0471 e. The van der Waals surface area contributed by atoms with Gasteiger partial charge in [-0.25, -0.2) is 0 Å². The highest BCUT2D eigenvalue weighted by Gasteiger charge is 2.35. The number of hydrogen-bond donors (Lipinski definition) is 1. The predicted molar refractivity (Wildman–Crippen MR) is 128 cm³/mol. The van der Waals surface area contributed by atoms with Crippen LogP contribution in [-0.2, 0) is 5.41 Å². The molecule has 1 aliphatic carbocycles. The van der Waals surface area contributed by atoms with E-state index in [1.54, 1.807) is 0 Å². The van der Waals surface area contributed by atoms with Crippen LogP contribution in [0.5, 0.6) is 0 Å². The standard InChI is InChI=1S/C29H21N/c1-29(2)24-9-5-3-7-19(24)23-15-17-11-12-20-18(22(17)16-25(23)29)13-14-27-28(20)21-8-4-6-10-26(21)30-27/h3-16,30H,1-2H3. The molecule has 5 aromatic carbocycles. The van der Waals surface area contributed by atoms with Crippen LogP contribution in [0.15, 0.2) is 84.9 Å². The average Bonchev–Trinajstić information content (AvgIpc) is 3.26. The molecular formula is C29H21N. The van der Waals surface area contributed by atoms with Crippen molar-refractivity contribution in [3.05, 3.63) is 96.1 Å². The Hall–Kier alpha value is -3.58. The zero-order chi connectivity index (χ0) is 20.0. The minimum Gasteiger partial charge on any atom is -0.354 e. The molecule has 1 heterocycles. The molecule has 1 aliphatic rings. The van der Waals surface area contributed by atoms with E-state index in [1.807, 2.05) is 0 Å². The second-order valence-corrected chi connectivity index (χ2v) is 9.11. The number of H-pyrrole nitrogens is 1. The first-order valence-corrected chi connectivity index (χ1v) is 10.6. The largest absolute Gasteiger partial charge is 0.354 e. The van der Waals surface area contributed by atoms with Crippen molar-refractivity contribution in [2.45, 2.75) is 19.3 Å². The number of hydrogen-bond acceptors (Lipinski definition) is 0. The highest BCUT2D eigenvalue weighted by Crippen LogP contribution is 2.50. The smallest absolute Gasteiger partial charge is 0.0471 e. The molecule has 0 atom stereocenters. The number of para-hydroxylation sites is 1. The van der Waals surface area contributed by atoms with E-state index in [4.69, 9.17) is 0 Å². The molecule has 0 fully saturated rings. The summed E-state index contributed by atoms with van der Waals surface area (Å²) in [6.07, 6.45) is 0. The molecule has 30 heavy (non-hydrogen) atoms. The SMILES string of the molecule is CC1(C)c2ccccc2-c2cc3ccc4c(ccc5[nH]c6ccccc6c54)c3cc21. The van der Waals surface area contributed by atoms with E-state index >= 15 is 0 Å². The van der Waals surface area contributed by atoms with Gasteiger partial charge in [-0.15, -0.1) is 0 Å². The van der Waals surface area contributed by atoms with Gasteiger partial charge in [0.1, 0.15) is 0 Å². The third-order valence-corrected chi connectivity index (χ3v) is 7.18. The first-order valence-electron chi connectivity index (χ1n) is 10.6. The Labute approximate surface area is 175 Å². The number of aromatic amines is 1. The molecule has 0 spiro atoms. The van der Waals surface area contributed by atoms with Crippen molar-refractivity contribution < 1.29 is 0 Å². The fraction of sp³-hybridized carbons (Fsp3) is 0.103. The summed E-state index contributed by atoms with van der Waals surface area (Å²) in [7, 11) is 0. The minimum atomic E-state index is 0.0210. The van der Waals surface area contributed by atoms with Crippen LogP contribution in [0.2, 0.25) is 0 Å². The maximum atomic E-state index is 3.58. The lowest BCUT2D eigenvalue weighted by atomic mass is 9.81. The average molecular weight is 383 g/mol. The highest BCUT2D eigenvalue weighted by molar-refractivity contribution is 6.24. The van der Waals surface area contributed by atoms with Crippen LogP contribution in [0.25, 0.3) is 54.5 Å². The lowest BCUT2D eigenvalue weighted by molar-refractivity contribution is 0.661. The normalized spacial score (nSPS) is 14.6. The molecule has 1 heteroatoms. The fourth-order valence-corrected chi connectivity index (χ4v) is 5.69.